The second-order valence-electron chi connectivity index (χ2n) is 8.88. The van der Waals surface area contributed by atoms with E-state index in [9.17, 15) is 12.8 Å². The normalized spacial score (nSPS) is 16.0. The van der Waals surface area contributed by atoms with Gasteiger partial charge >= 0.3 is 0 Å². The highest BCUT2D eigenvalue weighted by atomic mass is 32.2. The lowest BCUT2D eigenvalue weighted by Gasteiger charge is -2.23. The van der Waals surface area contributed by atoms with Crippen molar-refractivity contribution >= 4 is 32.6 Å². The van der Waals surface area contributed by atoms with Gasteiger partial charge in [0.1, 0.15) is 5.82 Å². The Labute approximate surface area is 212 Å². The molecule has 1 aromatic heterocycles. The SMILES string of the molecule is O=S(=O)(Cc1ccccc1)Nc1ccc(-c2ccc3nc(N[C@H]4CCCNC4)ncc3c2F)c(F)c1F. The molecule has 1 fully saturated rings. The van der Waals surface area contributed by atoms with Gasteiger partial charge in [0.15, 0.2) is 11.6 Å². The van der Waals surface area contributed by atoms with Gasteiger partial charge in [0, 0.05) is 29.9 Å². The first-order valence-electron chi connectivity index (χ1n) is 11.8. The van der Waals surface area contributed by atoms with Crippen LogP contribution in [0.25, 0.3) is 22.0 Å². The Balaban J connectivity index is 1.40. The molecule has 3 N–H and O–H groups in total. The van der Waals surface area contributed by atoms with Gasteiger partial charge in [-0.05, 0) is 49.2 Å². The Morgan fingerprint density at radius 1 is 0.946 bits per heavy atom. The first-order chi connectivity index (χ1) is 17.8. The molecule has 5 rings (SSSR count). The third-order valence-corrected chi connectivity index (χ3v) is 7.41. The van der Waals surface area contributed by atoms with Crippen molar-refractivity contribution in [2.24, 2.45) is 0 Å². The van der Waals surface area contributed by atoms with E-state index in [4.69, 9.17) is 0 Å². The van der Waals surface area contributed by atoms with Gasteiger partial charge in [0.05, 0.1) is 22.3 Å². The second-order valence-corrected chi connectivity index (χ2v) is 10.6. The van der Waals surface area contributed by atoms with Crippen LogP contribution in [0, 0.1) is 17.5 Å². The molecular formula is C26H24F3N5O2S. The van der Waals surface area contributed by atoms with Crippen molar-refractivity contribution in [2.45, 2.75) is 24.6 Å². The van der Waals surface area contributed by atoms with Crippen molar-refractivity contribution in [3.05, 3.63) is 83.8 Å². The summed E-state index contributed by atoms with van der Waals surface area (Å²) in [7, 11) is -4.01. The highest BCUT2D eigenvalue weighted by Crippen LogP contribution is 2.33. The van der Waals surface area contributed by atoms with E-state index >= 15 is 8.78 Å². The van der Waals surface area contributed by atoms with Crippen molar-refractivity contribution in [3.63, 3.8) is 0 Å². The maximum Gasteiger partial charge on any atom is 0.237 e. The molecule has 1 aliphatic rings. The average Bonchev–Trinajstić information content (AvgIpc) is 2.88. The summed E-state index contributed by atoms with van der Waals surface area (Å²) in [5.74, 6) is -3.66. The smallest absolute Gasteiger partial charge is 0.237 e. The van der Waals surface area contributed by atoms with Crippen LogP contribution in [0.15, 0.2) is 60.8 Å². The van der Waals surface area contributed by atoms with Gasteiger partial charge in [-0.25, -0.2) is 31.6 Å². The van der Waals surface area contributed by atoms with Gasteiger partial charge < -0.3 is 10.6 Å². The number of fused-ring (bicyclic) bond motifs is 1. The zero-order valence-electron chi connectivity index (χ0n) is 19.6. The standard InChI is InChI=1S/C26H24F3N5O2S/c27-23-18(8-10-21-20(23)14-31-26(33-21)32-17-7-4-12-30-13-17)19-9-11-22(25(29)24(19)28)34-37(35,36)15-16-5-2-1-3-6-16/h1-3,5-6,8-11,14,17,30,34H,4,7,12-13,15H2,(H,31,32,33)/t17-/m0/s1. The lowest BCUT2D eigenvalue weighted by atomic mass is 10.0. The van der Waals surface area contributed by atoms with Crippen LogP contribution in [-0.4, -0.2) is 37.5 Å². The predicted molar refractivity (Wildman–Crippen MR) is 137 cm³/mol. The summed E-state index contributed by atoms with van der Waals surface area (Å²) < 4.78 is 72.3. The molecule has 37 heavy (non-hydrogen) atoms. The molecule has 11 heteroatoms. The van der Waals surface area contributed by atoms with Crippen molar-refractivity contribution in [1.82, 2.24) is 15.3 Å². The Hall–Kier alpha value is -3.70. The zero-order chi connectivity index (χ0) is 26.0. The molecule has 3 aromatic carbocycles. The van der Waals surface area contributed by atoms with Gasteiger partial charge in [0.25, 0.3) is 0 Å². The molecule has 0 radical (unpaired) electrons. The first kappa shape index (κ1) is 25.0. The molecule has 0 spiro atoms. The summed E-state index contributed by atoms with van der Waals surface area (Å²) in [5.41, 5.74) is -0.299. The average molecular weight is 528 g/mol. The van der Waals surface area contributed by atoms with E-state index < -0.39 is 38.9 Å². The van der Waals surface area contributed by atoms with E-state index in [1.54, 1.807) is 30.3 Å². The van der Waals surface area contributed by atoms with Crippen LogP contribution < -0.4 is 15.4 Å². The minimum atomic E-state index is -4.01. The summed E-state index contributed by atoms with van der Waals surface area (Å²) in [6.45, 7) is 1.74. The third-order valence-electron chi connectivity index (χ3n) is 6.17. The number of sulfonamides is 1. The van der Waals surface area contributed by atoms with Crippen molar-refractivity contribution in [3.8, 4) is 11.1 Å². The van der Waals surface area contributed by atoms with Gasteiger partial charge in [-0.15, -0.1) is 0 Å². The van der Waals surface area contributed by atoms with E-state index in [2.05, 4.69) is 25.3 Å². The third kappa shape index (κ3) is 5.52. The Morgan fingerprint density at radius 2 is 1.70 bits per heavy atom. The van der Waals surface area contributed by atoms with Crippen LogP contribution in [-0.2, 0) is 15.8 Å². The Morgan fingerprint density at radius 3 is 2.46 bits per heavy atom. The topological polar surface area (TPSA) is 96.0 Å². The van der Waals surface area contributed by atoms with E-state index in [0.717, 1.165) is 38.1 Å². The highest BCUT2D eigenvalue weighted by Gasteiger charge is 2.22. The number of nitrogens with one attached hydrogen (secondary N) is 3. The fourth-order valence-corrected chi connectivity index (χ4v) is 5.54. The molecule has 192 valence electrons. The number of hydrogen-bond donors (Lipinski definition) is 3. The second kappa shape index (κ2) is 10.3. The summed E-state index contributed by atoms with van der Waals surface area (Å²) in [6.07, 6.45) is 3.30. The van der Waals surface area contributed by atoms with Crippen LogP contribution in [0.2, 0.25) is 0 Å². The number of hydrogen-bond acceptors (Lipinski definition) is 6. The van der Waals surface area contributed by atoms with E-state index in [1.165, 1.54) is 18.3 Å². The number of benzene rings is 3. The molecule has 4 aromatic rings. The van der Waals surface area contributed by atoms with Gasteiger partial charge in [-0.2, -0.15) is 0 Å². The number of piperidine rings is 1. The molecule has 0 saturated carbocycles. The number of halogens is 3. The Bertz CT molecular complexity index is 1550. The van der Waals surface area contributed by atoms with Crippen LogP contribution >= 0.6 is 0 Å². The maximum atomic E-state index is 15.4. The molecule has 1 saturated heterocycles. The molecule has 7 nitrogen and oxygen atoms in total. The van der Waals surface area contributed by atoms with Gasteiger partial charge in [-0.1, -0.05) is 30.3 Å². The fraction of sp³-hybridized carbons (Fsp3) is 0.231. The minimum Gasteiger partial charge on any atom is -0.350 e. The number of anilines is 2. The molecular weight excluding hydrogens is 503 g/mol. The molecule has 0 amide bonds. The molecule has 0 bridgehead atoms. The quantitative estimate of drug-likeness (QED) is 0.319. The fourth-order valence-electron chi connectivity index (χ4n) is 4.34. The predicted octanol–water partition coefficient (Wildman–Crippen LogP) is 4.82. The molecule has 1 atom stereocenters. The van der Waals surface area contributed by atoms with Gasteiger partial charge in [-0.3, -0.25) is 4.72 Å². The minimum absolute atomic E-state index is 0.0530. The monoisotopic (exact) mass is 527 g/mol. The van der Waals surface area contributed by atoms with Crippen molar-refractivity contribution in [2.75, 3.05) is 23.1 Å². The van der Waals surface area contributed by atoms with Crippen LogP contribution in [0.3, 0.4) is 0 Å². The summed E-state index contributed by atoms with van der Waals surface area (Å²) in [6, 6.07) is 13.5. The molecule has 2 heterocycles. The van der Waals surface area contributed by atoms with Crippen molar-refractivity contribution in [1.29, 1.82) is 0 Å². The van der Waals surface area contributed by atoms with E-state index in [-0.39, 0.29) is 22.6 Å². The lowest BCUT2D eigenvalue weighted by molar-refractivity contribution is 0.478. The summed E-state index contributed by atoms with van der Waals surface area (Å²) >= 11 is 0. The van der Waals surface area contributed by atoms with Crippen molar-refractivity contribution < 1.29 is 21.6 Å². The lowest BCUT2D eigenvalue weighted by Crippen LogP contribution is -2.38. The Kier molecular flexibility index (Phi) is 6.98. The van der Waals surface area contributed by atoms with Crippen LogP contribution in [0.4, 0.5) is 24.8 Å². The molecule has 0 aliphatic carbocycles. The number of nitrogens with zero attached hydrogens (tertiary/aromatic N) is 2. The highest BCUT2D eigenvalue weighted by molar-refractivity contribution is 7.91. The molecule has 0 unspecified atom stereocenters. The van der Waals surface area contributed by atoms with E-state index in [1.807, 2.05) is 0 Å². The van der Waals surface area contributed by atoms with Crippen LogP contribution in [0.5, 0.6) is 0 Å². The van der Waals surface area contributed by atoms with E-state index in [0.29, 0.717) is 17.0 Å². The first-order valence-corrected chi connectivity index (χ1v) is 13.4. The number of rotatable bonds is 7. The van der Waals surface area contributed by atoms with Crippen LogP contribution in [0.1, 0.15) is 18.4 Å². The van der Waals surface area contributed by atoms with Gasteiger partial charge in [0.2, 0.25) is 16.0 Å². The summed E-state index contributed by atoms with van der Waals surface area (Å²) in [4.78, 5) is 8.55. The largest absolute Gasteiger partial charge is 0.350 e. The maximum absolute atomic E-state index is 15.4. The molecule has 1 aliphatic heterocycles. The summed E-state index contributed by atoms with van der Waals surface area (Å²) in [5, 5.41) is 6.56. The zero-order valence-corrected chi connectivity index (χ0v) is 20.5. The number of aromatic nitrogens is 2.